The lowest BCUT2D eigenvalue weighted by molar-refractivity contribution is 0.103. The zero-order valence-corrected chi connectivity index (χ0v) is 14.8. The molecule has 136 valence electrons. The Morgan fingerprint density at radius 2 is 2.15 bits per heavy atom. The molecule has 0 radical (unpaired) electrons. The van der Waals surface area contributed by atoms with Crippen LogP contribution >= 0.6 is 0 Å². The second kappa shape index (κ2) is 6.51. The minimum atomic E-state index is 0.0531. The molecule has 3 aromatic heterocycles. The zero-order valence-electron chi connectivity index (χ0n) is 14.8. The Morgan fingerprint density at radius 3 is 3.04 bits per heavy atom. The van der Waals surface area contributed by atoms with Crippen molar-refractivity contribution < 1.29 is 9.47 Å². The zero-order chi connectivity index (χ0) is 18.2. The lowest BCUT2D eigenvalue weighted by Crippen LogP contribution is -2.17. The highest BCUT2D eigenvalue weighted by Crippen LogP contribution is 2.30. The number of fused-ring (bicyclic) bond motifs is 2. The van der Waals surface area contributed by atoms with E-state index < -0.39 is 0 Å². The summed E-state index contributed by atoms with van der Waals surface area (Å²) >= 11 is 0. The number of benzene rings is 1. The third kappa shape index (κ3) is 3.06. The third-order valence-corrected chi connectivity index (χ3v) is 4.75. The van der Waals surface area contributed by atoms with Gasteiger partial charge >= 0.3 is 0 Å². The van der Waals surface area contributed by atoms with E-state index in [0.717, 1.165) is 33.9 Å². The summed E-state index contributed by atoms with van der Waals surface area (Å²) in [6.07, 6.45) is 4.70. The van der Waals surface area contributed by atoms with Crippen molar-refractivity contribution in [3.05, 3.63) is 48.8 Å². The Hall–Kier alpha value is -3.19. The maximum Gasteiger partial charge on any atom is 0.221 e. The molecule has 1 saturated heterocycles. The van der Waals surface area contributed by atoms with Crippen LogP contribution in [0.5, 0.6) is 5.88 Å². The van der Waals surface area contributed by atoms with Crippen LogP contribution in [-0.4, -0.2) is 39.0 Å². The molecule has 0 amide bonds. The van der Waals surface area contributed by atoms with Gasteiger partial charge in [-0.2, -0.15) is 5.10 Å². The van der Waals surface area contributed by atoms with Gasteiger partial charge in [0.15, 0.2) is 5.82 Å². The summed E-state index contributed by atoms with van der Waals surface area (Å²) in [5.74, 6) is 1.35. The minimum Gasteiger partial charge on any atom is -0.471 e. The van der Waals surface area contributed by atoms with E-state index in [2.05, 4.69) is 38.5 Å². The van der Waals surface area contributed by atoms with Crippen molar-refractivity contribution in [1.82, 2.24) is 20.2 Å². The Kier molecular flexibility index (Phi) is 3.86. The molecule has 0 saturated carbocycles. The van der Waals surface area contributed by atoms with Crippen molar-refractivity contribution in [1.29, 1.82) is 0 Å². The SMILES string of the molecule is C[C@@H]1C[C@H](Oc2nccc3cc(Nc4n[nH]c5cccnc45)ccc23)CO1. The van der Waals surface area contributed by atoms with E-state index in [4.69, 9.17) is 9.47 Å². The first kappa shape index (κ1) is 16.0. The van der Waals surface area contributed by atoms with Crippen molar-refractivity contribution in [3.63, 3.8) is 0 Å². The van der Waals surface area contributed by atoms with Crippen LogP contribution < -0.4 is 10.1 Å². The van der Waals surface area contributed by atoms with E-state index in [-0.39, 0.29) is 12.2 Å². The number of nitrogens with zero attached hydrogens (tertiary/aromatic N) is 3. The van der Waals surface area contributed by atoms with Gasteiger partial charge < -0.3 is 14.8 Å². The molecule has 2 N–H and O–H groups in total. The van der Waals surface area contributed by atoms with E-state index in [1.54, 1.807) is 12.4 Å². The van der Waals surface area contributed by atoms with Crippen molar-refractivity contribution in [2.75, 3.05) is 11.9 Å². The molecule has 1 fully saturated rings. The molecule has 0 spiro atoms. The van der Waals surface area contributed by atoms with Gasteiger partial charge in [0.05, 0.1) is 18.2 Å². The summed E-state index contributed by atoms with van der Waals surface area (Å²) in [4.78, 5) is 8.80. The maximum absolute atomic E-state index is 6.08. The largest absolute Gasteiger partial charge is 0.471 e. The van der Waals surface area contributed by atoms with Gasteiger partial charge in [-0.25, -0.2) is 4.98 Å². The van der Waals surface area contributed by atoms with Crippen LogP contribution in [0.3, 0.4) is 0 Å². The van der Waals surface area contributed by atoms with Crippen molar-refractivity contribution >= 4 is 33.3 Å². The van der Waals surface area contributed by atoms with E-state index in [0.29, 0.717) is 18.3 Å². The fourth-order valence-corrected chi connectivity index (χ4v) is 3.42. The Morgan fingerprint density at radius 1 is 1.19 bits per heavy atom. The normalized spacial score (nSPS) is 19.6. The summed E-state index contributed by atoms with van der Waals surface area (Å²) in [6.45, 7) is 2.67. The molecule has 0 unspecified atom stereocenters. The number of aromatic nitrogens is 4. The number of rotatable bonds is 4. The molecule has 7 heteroatoms. The number of hydrogen-bond donors (Lipinski definition) is 2. The Labute approximate surface area is 155 Å². The first-order valence-electron chi connectivity index (χ1n) is 8.99. The fraction of sp³-hybridized carbons (Fsp3) is 0.250. The second-order valence-electron chi connectivity index (χ2n) is 6.77. The molecule has 0 aliphatic carbocycles. The standard InChI is InChI=1S/C20H19N5O2/c1-12-9-15(11-26-12)27-20-16-5-4-14(10-13(16)6-8-22-20)23-19-18-17(24-25-19)3-2-7-21-18/h2-8,10,12,15H,9,11H2,1H3,(H2,23,24,25)/t12-,15+/m1/s1. The highest BCUT2D eigenvalue weighted by Gasteiger charge is 2.24. The maximum atomic E-state index is 6.08. The second-order valence-corrected chi connectivity index (χ2v) is 6.77. The monoisotopic (exact) mass is 361 g/mol. The molecule has 5 rings (SSSR count). The molecule has 7 nitrogen and oxygen atoms in total. The molecule has 0 bridgehead atoms. The van der Waals surface area contributed by atoms with Gasteiger partial charge in [-0.1, -0.05) is 0 Å². The van der Waals surface area contributed by atoms with Crippen LogP contribution in [0.15, 0.2) is 48.8 Å². The molecular weight excluding hydrogens is 342 g/mol. The van der Waals surface area contributed by atoms with Crippen molar-refractivity contribution in [3.8, 4) is 5.88 Å². The highest BCUT2D eigenvalue weighted by molar-refractivity contribution is 5.92. The summed E-state index contributed by atoms with van der Waals surface area (Å²) in [6, 6.07) is 11.9. The van der Waals surface area contributed by atoms with E-state index in [1.807, 2.05) is 30.3 Å². The van der Waals surface area contributed by atoms with E-state index >= 15 is 0 Å². The molecule has 4 aromatic rings. The topological polar surface area (TPSA) is 85.0 Å². The summed E-state index contributed by atoms with van der Waals surface area (Å²) < 4.78 is 11.7. The average molecular weight is 361 g/mol. The lowest BCUT2D eigenvalue weighted by atomic mass is 10.1. The van der Waals surface area contributed by atoms with Crippen molar-refractivity contribution in [2.24, 2.45) is 0 Å². The quantitative estimate of drug-likeness (QED) is 0.575. The first-order valence-corrected chi connectivity index (χ1v) is 8.99. The number of aromatic amines is 1. The van der Waals surface area contributed by atoms with Crippen LogP contribution in [0.2, 0.25) is 0 Å². The number of anilines is 2. The van der Waals surface area contributed by atoms with Crippen LogP contribution in [0.1, 0.15) is 13.3 Å². The molecule has 2 atom stereocenters. The van der Waals surface area contributed by atoms with Gasteiger partial charge in [0.2, 0.25) is 5.88 Å². The van der Waals surface area contributed by atoms with Gasteiger partial charge in [0.25, 0.3) is 0 Å². The third-order valence-electron chi connectivity index (χ3n) is 4.75. The van der Waals surface area contributed by atoms with Crippen molar-refractivity contribution in [2.45, 2.75) is 25.6 Å². The first-order chi connectivity index (χ1) is 13.3. The molecule has 1 aliphatic rings. The lowest BCUT2D eigenvalue weighted by Gasteiger charge is -2.13. The number of hydrogen-bond acceptors (Lipinski definition) is 6. The smallest absolute Gasteiger partial charge is 0.221 e. The van der Waals surface area contributed by atoms with Gasteiger partial charge in [0, 0.05) is 29.9 Å². The van der Waals surface area contributed by atoms with Gasteiger partial charge in [-0.3, -0.25) is 10.1 Å². The molecule has 4 heterocycles. The van der Waals surface area contributed by atoms with E-state index in [1.165, 1.54) is 0 Å². The van der Waals surface area contributed by atoms with Crippen LogP contribution in [0.25, 0.3) is 21.8 Å². The average Bonchev–Trinajstić information content (AvgIpc) is 3.28. The van der Waals surface area contributed by atoms with Gasteiger partial charge in [-0.05, 0) is 48.7 Å². The Balaban J connectivity index is 1.44. The number of ether oxygens (including phenoxy) is 2. The minimum absolute atomic E-state index is 0.0531. The highest BCUT2D eigenvalue weighted by atomic mass is 16.6. The van der Waals surface area contributed by atoms with Gasteiger partial charge in [0.1, 0.15) is 11.6 Å². The molecular formula is C20H19N5O2. The molecule has 1 aromatic carbocycles. The van der Waals surface area contributed by atoms with Crippen LogP contribution in [-0.2, 0) is 4.74 Å². The van der Waals surface area contributed by atoms with Crippen LogP contribution in [0.4, 0.5) is 11.5 Å². The van der Waals surface area contributed by atoms with E-state index in [9.17, 15) is 0 Å². The predicted octanol–water partition coefficient (Wildman–Crippen LogP) is 3.81. The van der Waals surface area contributed by atoms with Gasteiger partial charge in [-0.15, -0.1) is 0 Å². The number of H-pyrrole nitrogens is 1. The Bertz CT molecular complexity index is 1110. The number of pyridine rings is 2. The summed E-state index contributed by atoms with van der Waals surface area (Å²) in [5, 5.41) is 12.7. The summed E-state index contributed by atoms with van der Waals surface area (Å²) in [7, 11) is 0. The molecule has 27 heavy (non-hydrogen) atoms. The van der Waals surface area contributed by atoms with Crippen LogP contribution in [0, 0.1) is 0 Å². The predicted molar refractivity (Wildman–Crippen MR) is 103 cm³/mol. The fourth-order valence-electron chi connectivity index (χ4n) is 3.42. The molecule has 1 aliphatic heterocycles. The summed E-state index contributed by atoms with van der Waals surface area (Å²) in [5.41, 5.74) is 2.64. The number of nitrogens with one attached hydrogen (secondary N) is 2.